The molecule has 6 nitrogen and oxygen atoms in total. The lowest BCUT2D eigenvalue weighted by atomic mass is 10.5. The molecule has 0 unspecified atom stereocenters. The molecule has 0 aliphatic heterocycles. The minimum Gasteiger partial charge on any atom is -0.335 e. The molecule has 2 rings (SSSR count). The van der Waals surface area contributed by atoms with Crippen LogP contribution in [0.3, 0.4) is 0 Å². The van der Waals surface area contributed by atoms with Crippen molar-refractivity contribution in [3.8, 4) is 0 Å². The Morgan fingerprint density at radius 1 is 1.62 bits per heavy atom. The van der Waals surface area contributed by atoms with Gasteiger partial charge in [-0.3, -0.25) is 0 Å². The third-order valence-electron chi connectivity index (χ3n) is 1.98. The largest absolute Gasteiger partial charge is 0.335 e. The van der Waals surface area contributed by atoms with Crippen LogP contribution in [0.5, 0.6) is 0 Å². The summed E-state index contributed by atoms with van der Waals surface area (Å²) in [5.41, 5.74) is 2.75. The molecular formula is C9H12N6S. The Morgan fingerprint density at radius 3 is 3.12 bits per heavy atom. The van der Waals surface area contributed by atoms with Crippen LogP contribution in [0.2, 0.25) is 0 Å². The highest BCUT2D eigenvalue weighted by atomic mass is 32.1. The fourth-order valence-electron chi connectivity index (χ4n) is 1.16. The van der Waals surface area contributed by atoms with Crippen molar-refractivity contribution in [1.82, 2.24) is 14.9 Å². The summed E-state index contributed by atoms with van der Waals surface area (Å²) < 4.78 is 1.39. The summed E-state index contributed by atoms with van der Waals surface area (Å²) in [4.78, 5) is 1.06. The van der Waals surface area contributed by atoms with Crippen LogP contribution in [0.4, 0.5) is 5.95 Å². The van der Waals surface area contributed by atoms with E-state index >= 15 is 0 Å². The number of nitrogens with zero attached hydrogens (tertiary/aromatic N) is 4. The maximum atomic E-state index is 5.73. The molecule has 7 heteroatoms. The van der Waals surface area contributed by atoms with Gasteiger partial charge in [0.15, 0.2) is 5.82 Å². The molecule has 0 saturated carbocycles. The van der Waals surface area contributed by atoms with E-state index in [1.807, 2.05) is 24.4 Å². The number of hydrogen-bond acceptors (Lipinski definition) is 6. The molecule has 0 fully saturated rings. The standard InChI is InChI=1S/C9H12N6S/c1-2-8-12-14-9(15(8)10)13-11-6-7-4-3-5-16-7/h3-6H,2,10H2,1H3,(H,13,14). The van der Waals surface area contributed by atoms with Crippen molar-refractivity contribution >= 4 is 23.5 Å². The van der Waals surface area contributed by atoms with Crippen LogP contribution in [0, 0.1) is 0 Å². The van der Waals surface area contributed by atoms with E-state index in [1.54, 1.807) is 17.6 Å². The van der Waals surface area contributed by atoms with E-state index in [2.05, 4.69) is 20.7 Å². The lowest BCUT2D eigenvalue weighted by Gasteiger charge is -1.99. The van der Waals surface area contributed by atoms with E-state index < -0.39 is 0 Å². The van der Waals surface area contributed by atoms with Crippen LogP contribution in [0.1, 0.15) is 17.6 Å². The summed E-state index contributed by atoms with van der Waals surface area (Å²) >= 11 is 1.61. The molecule has 0 aliphatic carbocycles. The van der Waals surface area contributed by atoms with E-state index in [1.165, 1.54) is 4.68 Å². The molecule has 2 aromatic rings. The second kappa shape index (κ2) is 4.75. The fraction of sp³-hybridized carbons (Fsp3) is 0.222. The second-order valence-corrected chi connectivity index (χ2v) is 4.03. The number of aryl methyl sites for hydroxylation is 1. The molecule has 0 atom stereocenters. The van der Waals surface area contributed by atoms with Gasteiger partial charge in [-0.05, 0) is 11.4 Å². The summed E-state index contributed by atoms with van der Waals surface area (Å²) in [5.74, 6) is 6.88. The Bertz CT molecular complexity index is 472. The van der Waals surface area contributed by atoms with Crippen molar-refractivity contribution in [2.45, 2.75) is 13.3 Å². The van der Waals surface area contributed by atoms with E-state index in [4.69, 9.17) is 5.84 Å². The second-order valence-electron chi connectivity index (χ2n) is 3.05. The molecular weight excluding hydrogens is 224 g/mol. The first-order chi connectivity index (χ1) is 7.81. The Hall–Kier alpha value is -1.89. The monoisotopic (exact) mass is 236 g/mol. The molecule has 16 heavy (non-hydrogen) atoms. The molecule has 0 bridgehead atoms. The number of thiophene rings is 1. The molecule has 84 valence electrons. The number of nitrogen functional groups attached to an aromatic ring is 1. The maximum Gasteiger partial charge on any atom is 0.263 e. The number of nitrogens with two attached hydrogens (primary N) is 1. The lowest BCUT2D eigenvalue weighted by Crippen LogP contribution is -2.14. The third-order valence-corrected chi connectivity index (χ3v) is 2.79. The van der Waals surface area contributed by atoms with E-state index in [-0.39, 0.29) is 0 Å². The van der Waals surface area contributed by atoms with Gasteiger partial charge in [0, 0.05) is 11.3 Å². The highest BCUT2D eigenvalue weighted by Crippen LogP contribution is 2.06. The Labute approximate surface area is 96.8 Å². The summed E-state index contributed by atoms with van der Waals surface area (Å²) in [6.45, 7) is 1.96. The van der Waals surface area contributed by atoms with Crippen LogP contribution in [-0.2, 0) is 6.42 Å². The number of aromatic nitrogens is 3. The van der Waals surface area contributed by atoms with Crippen molar-refractivity contribution in [3.05, 3.63) is 28.2 Å². The SMILES string of the molecule is CCc1nnc(NN=Cc2cccs2)n1N. The Morgan fingerprint density at radius 2 is 2.50 bits per heavy atom. The van der Waals surface area contributed by atoms with E-state index in [0.29, 0.717) is 11.8 Å². The lowest BCUT2D eigenvalue weighted by molar-refractivity contribution is 0.855. The topological polar surface area (TPSA) is 81.1 Å². The van der Waals surface area contributed by atoms with Gasteiger partial charge in [0.05, 0.1) is 6.21 Å². The van der Waals surface area contributed by atoms with Crippen molar-refractivity contribution in [2.75, 3.05) is 11.3 Å². The Balaban J connectivity index is 2.02. The molecule has 0 amide bonds. The zero-order valence-electron chi connectivity index (χ0n) is 8.79. The molecule has 2 heterocycles. The first kappa shape index (κ1) is 10.6. The number of anilines is 1. The molecule has 0 aromatic carbocycles. The number of nitrogens with one attached hydrogen (secondary N) is 1. The van der Waals surface area contributed by atoms with E-state index in [0.717, 1.165) is 11.3 Å². The van der Waals surface area contributed by atoms with Crippen LogP contribution in [-0.4, -0.2) is 21.1 Å². The highest BCUT2D eigenvalue weighted by molar-refractivity contribution is 7.11. The third kappa shape index (κ3) is 2.19. The van der Waals surface area contributed by atoms with Gasteiger partial charge in [-0.1, -0.05) is 13.0 Å². The summed E-state index contributed by atoms with van der Waals surface area (Å²) in [7, 11) is 0. The van der Waals surface area contributed by atoms with Gasteiger partial charge in [-0.15, -0.1) is 21.5 Å². The predicted octanol–water partition coefficient (Wildman–Crippen LogP) is 1.06. The average molecular weight is 236 g/mol. The molecule has 0 spiro atoms. The van der Waals surface area contributed by atoms with E-state index in [9.17, 15) is 0 Å². The van der Waals surface area contributed by atoms with Crippen LogP contribution in [0.15, 0.2) is 22.6 Å². The zero-order valence-corrected chi connectivity index (χ0v) is 9.61. The number of rotatable bonds is 4. The van der Waals surface area contributed by atoms with Gasteiger partial charge in [-0.2, -0.15) is 5.10 Å². The quantitative estimate of drug-likeness (QED) is 0.472. The van der Waals surface area contributed by atoms with Crippen LogP contribution in [0.25, 0.3) is 0 Å². The zero-order chi connectivity index (χ0) is 11.4. The number of hydrazone groups is 1. The molecule has 0 saturated heterocycles. The first-order valence-electron chi connectivity index (χ1n) is 4.83. The van der Waals surface area contributed by atoms with Crippen LogP contribution >= 0.6 is 11.3 Å². The maximum absolute atomic E-state index is 5.73. The number of hydrogen-bond donors (Lipinski definition) is 2. The van der Waals surface area contributed by atoms with Crippen molar-refractivity contribution in [3.63, 3.8) is 0 Å². The van der Waals surface area contributed by atoms with Gasteiger partial charge in [-0.25, -0.2) is 10.1 Å². The molecule has 3 N–H and O–H groups in total. The van der Waals surface area contributed by atoms with Crippen molar-refractivity contribution < 1.29 is 0 Å². The van der Waals surface area contributed by atoms with Crippen molar-refractivity contribution in [2.24, 2.45) is 5.10 Å². The summed E-state index contributed by atoms with van der Waals surface area (Å²) in [5, 5.41) is 13.8. The highest BCUT2D eigenvalue weighted by Gasteiger charge is 2.05. The summed E-state index contributed by atoms with van der Waals surface area (Å²) in [6, 6.07) is 3.94. The van der Waals surface area contributed by atoms with Gasteiger partial charge in [0.2, 0.25) is 0 Å². The van der Waals surface area contributed by atoms with Gasteiger partial charge in [0.1, 0.15) is 0 Å². The van der Waals surface area contributed by atoms with Gasteiger partial charge >= 0.3 is 0 Å². The molecule has 0 aliphatic rings. The van der Waals surface area contributed by atoms with Gasteiger partial charge in [0.25, 0.3) is 5.95 Å². The normalized spacial score (nSPS) is 11.1. The summed E-state index contributed by atoms with van der Waals surface area (Å²) in [6.07, 6.45) is 2.45. The minimum atomic E-state index is 0.435. The smallest absolute Gasteiger partial charge is 0.263 e. The fourth-order valence-corrected chi connectivity index (χ4v) is 1.74. The molecule has 0 radical (unpaired) electrons. The minimum absolute atomic E-state index is 0.435. The van der Waals surface area contributed by atoms with Crippen LogP contribution < -0.4 is 11.3 Å². The van der Waals surface area contributed by atoms with Gasteiger partial charge < -0.3 is 5.84 Å². The van der Waals surface area contributed by atoms with Crippen molar-refractivity contribution in [1.29, 1.82) is 0 Å². The first-order valence-corrected chi connectivity index (χ1v) is 5.71. The Kier molecular flexibility index (Phi) is 3.16. The molecule has 2 aromatic heterocycles. The predicted molar refractivity (Wildman–Crippen MR) is 65.1 cm³/mol. The average Bonchev–Trinajstić information content (AvgIpc) is 2.90.